The molecule has 0 amide bonds. The number of hydrogen-bond donors (Lipinski definition) is 1. The summed E-state index contributed by atoms with van der Waals surface area (Å²) in [5.74, 6) is 1.06. The Balaban J connectivity index is 1.54. The van der Waals surface area contributed by atoms with Crippen molar-refractivity contribution in [2.75, 3.05) is 19.6 Å². The molecule has 0 saturated carbocycles. The molecule has 1 saturated heterocycles. The molecule has 1 atom stereocenters. The average molecular weight is 340 g/mol. The Hall–Kier alpha value is -1.85. The van der Waals surface area contributed by atoms with E-state index >= 15 is 0 Å². The van der Waals surface area contributed by atoms with Gasteiger partial charge in [0.2, 0.25) is 0 Å². The molecule has 4 rings (SSSR count). The highest BCUT2D eigenvalue weighted by molar-refractivity contribution is 5.39. The molecule has 0 unspecified atom stereocenters. The Morgan fingerprint density at radius 2 is 2.08 bits per heavy atom. The lowest BCUT2D eigenvalue weighted by Crippen LogP contribution is -2.51. The summed E-state index contributed by atoms with van der Waals surface area (Å²) in [6.45, 7) is 6.47. The molecule has 134 valence electrons. The van der Waals surface area contributed by atoms with Crippen molar-refractivity contribution in [3.63, 3.8) is 0 Å². The number of aryl methyl sites for hydroxylation is 1. The summed E-state index contributed by atoms with van der Waals surface area (Å²) in [6.07, 6.45) is 7.06. The van der Waals surface area contributed by atoms with Crippen LogP contribution in [-0.4, -0.2) is 39.7 Å². The first-order valence-corrected chi connectivity index (χ1v) is 9.38. The standard InChI is InChI=1S/C20H28N4O/c1-3-24-10-8-20(9-11-24)12-18(17-6-4-5-7-19(17)25-20)22-14-16-13-21-15-23(16)2/h4-7,13,15,18,22H,3,8-12,14H2,1-2H3/t18-/m0/s1. The van der Waals surface area contributed by atoms with Gasteiger partial charge in [-0.25, -0.2) is 4.98 Å². The normalized spacial score (nSPS) is 22.6. The van der Waals surface area contributed by atoms with E-state index < -0.39 is 0 Å². The first kappa shape index (κ1) is 16.6. The summed E-state index contributed by atoms with van der Waals surface area (Å²) in [6, 6.07) is 8.84. The van der Waals surface area contributed by atoms with Crippen LogP contribution in [0.15, 0.2) is 36.8 Å². The number of para-hydroxylation sites is 1. The molecule has 3 heterocycles. The number of imidazole rings is 1. The maximum Gasteiger partial charge on any atom is 0.124 e. The topological polar surface area (TPSA) is 42.3 Å². The van der Waals surface area contributed by atoms with Gasteiger partial charge in [0, 0.05) is 50.9 Å². The summed E-state index contributed by atoms with van der Waals surface area (Å²) in [5.41, 5.74) is 2.47. The van der Waals surface area contributed by atoms with Crippen molar-refractivity contribution in [2.24, 2.45) is 7.05 Å². The largest absolute Gasteiger partial charge is 0.487 e. The molecule has 1 aromatic carbocycles. The summed E-state index contributed by atoms with van der Waals surface area (Å²) in [4.78, 5) is 6.74. The second-order valence-electron chi connectivity index (χ2n) is 7.39. The van der Waals surface area contributed by atoms with E-state index in [-0.39, 0.29) is 5.60 Å². The molecule has 2 aromatic rings. The monoisotopic (exact) mass is 340 g/mol. The fourth-order valence-electron chi connectivity index (χ4n) is 4.17. The lowest BCUT2D eigenvalue weighted by atomic mass is 9.80. The minimum atomic E-state index is -0.0237. The number of benzene rings is 1. The summed E-state index contributed by atoms with van der Waals surface area (Å²) in [5, 5.41) is 3.76. The Morgan fingerprint density at radius 3 is 2.80 bits per heavy atom. The average Bonchev–Trinajstić information content (AvgIpc) is 3.05. The van der Waals surface area contributed by atoms with Crippen molar-refractivity contribution >= 4 is 0 Å². The van der Waals surface area contributed by atoms with Crippen LogP contribution in [0, 0.1) is 0 Å². The van der Waals surface area contributed by atoms with Gasteiger partial charge >= 0.3 is 0 Å². The van der Waals surface area contributed by atoms with E-state index in [0.717, 1.165) is 51.2 Å². The molecule has 0 bridgehead atoms. The van der Waals surface area contributed by atoms with Crippen LogP contribution in [0.25, 0.3) is 0 Å². The van der Waals surface area contributed by atoms with Crippen molar-refractivity contribution in [2.45, 2.75) is 44.4 Å². The first-order chi connectivity index (χ1) is 12.2. The van der Waals surface area contributed by atoms with Crippen molar-refractivity contribution in [3.8, 4) is 5.75 Å². The van der Waals surface area contributed by atoms with Crippen molar-refractivity contribution < 1.29 is 4.74 Å². The smallest absolute Gasteiger partial charge is 0.124 e. The molecule has 2 aliphatic rings. The molecule has 1 fully saturated rings. The van der Waals surface area contributed by atoms with Crippen LogP contribution in [0.3, 0.4) is 0 Å². The molecule has 1 aromatic heterocycles. The van der Waals surface area contributed by atoms with Crippen LogP contribution >= 0.6 is 0 Å². The lowest BCUT2D eigenvalue weighted by Gasteiger charge is -2.47. The SMILES string of the molecule is CCN1CCC2(CC1)C[C@H](NCc1cncn1C)c1ccccc1O2. The maximum atomic E-state index is 6.56. The Bertz CT molecular complexity index is 718. The van der Waals surface area contributed by atoms with Crippen molar-refractivity contribution in [1.82, 2.24) is 19.8 Å². The molecular formula is C20H28N4O. The van der Waals surface area contributed by atoms with Gasteiger partial charge < -0.3 is 19.5 Å². The highest BCUT2D eigenvalue weighted by Crippen LogP contribution is 2.44. The zero-order valence-corrected chi connectivity index (χ0v) is 15.2. The quantitative estimate of drug-likeness (QED) is 0.929. The van der Waals surface area contributed by atoms with E-state index in [4.69, 9.17) is 4.74 Å². The molecular weight excluding hydrogens is 312 g/mol. The second-order valence-corrected chi connectivity index (χ2v) is 7.39. The van der Waals surface area contributed by atoms with Crippen molar-refractivity contribution in [1.29, 1.82) is 0 Å². The minimum Gasteiger partial charge on any atom is -0.487 e. The molecule has 0 radical (unpaired) electrons. The Labute approximate surface area is 150 Å². The fraction of sp³-hybridized carbons (Fsp3) is 0.550. The molecule has 5 nitrogen and oxygen atoms in total. The Morgan fingerprint density at radius 1 is 1.28 bits per heavy atom. The van der Waals surface area contributed by atoms with Gasteiger partial charge in [-0.2, -0.15) is 0 Å². The number of nitrogens with zero attached hydrogens (tertiary/aromatic N) is 3. The predicted octanol–water partition coefficient (Wildman–Crippen LogP) is 2.89. The van der Waals surface area contributed by atoms with Gasteiger partial charge in [-0.3, -0.25) is 0 Å². The van der Waals surface area contributed by atoms with Gasteiger partial charge in [0.25, 0.3) is 0 Å². The van der Waals surface area contributed by atoms with Crippen LogP contribution in [0.2, 0.25) is 0 Å². The third kappa shape index (κ3) is 3.31. The lowest BCUT2D eigenvalue weighted by molar-refractivity contribution is -0.0245. The molecule has 2 aliphatic heterocycles. The van der Waals surface area contributed by atoms with E-state index in [1.165, 1.54) is 11.3 Å². The number of aromatic nitrogens is 2. The maximum absolute atomic E-state index is 6.56. The van der Waals surface area contributed by atoms with Crippen molar-refractivity contribution in [3.05, 3.63) is 48.0 Å². The summed E-state index contributed by atoms with van der Waals surface area (Å²) in [7, 11) is 2.05. The van der Waals surface area contributed by atoms with Gasteiger partial charge in [-0.05, 0) is 25.5 Å². The van der Waals surface area contributed by atoms with Gasteiger partial charge in [0.05, 0.1) is 12.0 Å². The number of likely N-dealkylation sites (tertiary alicyclic amines) is 1. The molecule has 5 heteroatoms. The van der Waals surface area contributed by atoms with Gasteiger partial charge in [0.15, 0.2) is 0 Å². The van der Waals surface area contributed by atoms with Crippen LogP contribution < -0.4 is 10.1 Å². The fourth-order valence-corrected chi connectivity index (χ4v) is 4.17. The van der Waals surface area contributed by atoms with Crippen LogP contribution in [0.1, 0.15) is 43.5 Å². The second kappa shape index (κ2) is 6.81. The number of rotatable bonds is 4. The van der Waals surface area contributed by atoms with E-state index in [1.54, 1.807) is 0 Å². The van der Waals surface area contributed by atoms with Gasteiger partial charge in [-0.1, -0.05) is 25.1 Å². The predicted molar refractivity (Wildman–Crippen MR) is 98.6 cm³/mol. The molecule has 0 aliphatic carbocycles. The minimum absolute atomic E-state index is 0.0237. The summed E-state index contributed by atoms with van der Waals surface area (Å²) >= 11 is 0. The van der Waals surface area contributed by atoms with Gasteiger partial charge in [-0.15, -0.1) is 0 Å². The molecule has 1 N–H and O–H groups in total. The highest BCUT2D eigenvalue weighted by atomic mass is 16.5. The number of fused-ring (bicyclic) bond motifs is 1. The molecule has 25 heavy (non-hydrogen) atoms. The first-order valence-electron chi connectivity index (χ1n) is 9.38. The number of hydrogen-bond acceptors (Lipinski definition) is 4. The third-order valence-corrected chi connectivity index (χ3v) is 5.86. The van der Waals surface area contributed by atoms with E-state index in [0.29, 0.717) is 6.04 Å². The van der Waals surface area contributed by atoms with Gasteiger partial charge in [0.1, 0.15) is 11.4 Å². The zero-order valence-electron chi connectivity index (χ0n) is 15.2. The molecule has 1 spiro atoms. The highest BCUT2D eigenvalue weighted by Gasteiger charge is 2.42. The van der Waals surface area contributed by atoms with E-state index in [2.05, 4.69) is 51.0 Å². The number of nitrogens with one attached hydrogen (secondary N) is 1. The zero-order chi connectivity index (χ0) is 17.3. The van der Waals surface area contributed by atoms with Crippen LogP contribution in [-0.2, 0) is 13.6 Å². The third-order valence-electron chi connectivity index (χ3n) is 5.86. The van der Waals surface area contributed by atoms with Crippen LogP contribution in [0.4, 0.5) is 0 Å². The number of ether oxygens (including phenoxy) is 1. The van der Waals surface area contributed by atoms with E-state index in [1.807, 2.05) is 19.6 Å². The Kier molecular flexibility index (Phi) is 4.52. The summed E-state index contributed by atoms with van der Waals surface area (Å²) < 4.78 is 8.64. The van der Waals surface area contributed by atoms with E-state index in [9.17, 15) is 0 Å². The van der Waals surface area contributed by atoms with Crippen LogP contribution in [0.5, 0.6) is 5.75 Å². The number of piperidine rings is 1.